The molecule has 2 aromatic rings. The van der Waals surface area contributed by atoms with E-state index < -0.39 is 47.0 Å². The zero-order chi connectivity index (χ0) is 21.1. The molecule has 0 fully saturated rings. The molecule has 150 valence electrons. The zero-order valence-corrected chi connectivity index (χ0v) is 16.1. The second kappa shape index (κ2) is 8.46. The van der Waals surface area contributed by atoms with Crippen LogP contribution in [0.25, 0.3) is 0 Å². The van der Waals surface area contributed by atoms with Crippen molar-refractivity contribution in [1.82, 2.24) is 0 Å². The largest absolute Gasteiger partial charge is 0.458 e. The van der Waals surface area contributed by atoms with E-state index in [0.717, 1.165) is 35.2 Å². The van der Waals surface area contributed by atoms with Gasteiger partial charge in [0.15, 0.2) is 0 Å². The van der Waals surface area contributed by atoms with Gasteiger partial charge < -0.3 is 4.74 Å². The predicted octanol–water partition coefficient (Wildman–Crippen LogP) is 4.73. The molecule has 7 heteroatoms. The third-order valence-corrected chi connectivity index (χ3v) is 4.60. The lowest BCUT2D eigenvalue weighted by atomic mass is 9.95. The minimum absolute atomic E-state index is 0.0150. The molecule has 0 spiro atoms. The summed E-state index contributed by atoms with van der Waals surface area (Å²) in [4.78, 5) is 26.1. The fraction of sp³-hybridized carbons (Fsp3) is 0.333. The van der Waals surface area contributed by atoms with Crippen LogP contribution in [0, 0.1) is 23.4 Å². The Hall–Kier alpha value is -2.83. The van der Waals surface area contributed by atoms with Crippen molar-refractivity contribution in [2.24, 2.45) is 5.92 Å². The van der Waals surface area contributed by atoms with Gasteiger partial charge in [-0.1, -0.05) is 26.0 Å². The van der Waals surface area contributed by atoms with E-state index in [4.69, 9.17) is 4.74 Å². The predicted molar refractivity (Wildman–Crippen MR) is 99.4 cm³/mol. The van der Waals surface area contributed by atoms with E-state index >= 15 is 0 Å². The van der Waals surface area contributed by atoms with E-state index in [-0.39, 0.29) is 11.6 Å². The quantitative estimate of drug-likeness (QED) is 0.667. The first kappa shape index (κ1) is 21.5. The van der Waals surface area contributed by atoms with Gasteiger partial charge in [-0.25, -0.2) is 13.2 Å². The summed E-state index contributed by atoms with van der Waals surface area (Å²) in [7, 11) is 0. The number of nitrogens with zero attached hydrogens (tertiary/aromatic N) is 1. The first-order valence-electron chi connectivity index (χ1n) is 8.76. The molecule has 2 rings (SSSR count). The summed E-state index contributed by atoms with van der Waals surface area (Å²) < 4.78 is 47.3. The maximum atomic E-state index is 14.1. The molecule has 0 saturated heterocycles. The number of rotatable bonds is 6. The van der Waals surface area contributed by atoms with Crippen molar-refractivity contribution in [1.29, 1.82) is 0 Å². The van der Waals surface area contributed by atoms with Crippen LogP contribution in [0.4, 0.5) is 18.9 Å². The molecule has 0 aromatic heterocycles. The molecule has 4 nitrogen and oxygen atoms in total. The molecule has 0 aliphatic carbocycles. The normalized spacial score (nSPS) is 11.4. The number of hydrogen-bond acceptors (Lipinski definition) is 3. The number of carbonyl (C=O) groups is 2. The van der Waals surface area contributed by atoms with Crippen molar-refractivity contribution >= 4 is 17.6 Å². The molecule has 0 atom stereocenters. The Kier molecular flexibility index (Phi) is 6.48. The average Bonchev–Trinajstić information content (AvgIpc) is 2.58. The molecule has 0 radical (unpaired) electrons. The first-order chi connectivity index (χ1) is 13.0. The molecular formula is C21H22F3NO3. The summed E-state index contributed by atoms with van der Waals surface area (Å²) in [5.41, 5.74) is -1.67. The van der Waals surface area contributed by atoms with Gasteiger partial charge >= 0.3 is 5.97 Å². The second-order valence-electron chi connectivity index (χ2n) is 7.20. The summed E-state index contributed by atoms with van der Waals surface area (Å²) in [6.07, 6.45) is 0. The molecule has 0 saturated carbocycles. The van der Waals surface area contributed by atoms with Crippen LogP contribution in [0.1, 0.15) is 38.1 Å². The maximum absolute atomic E-state index is 14.1. The van der Waals surface area contributed by atoms with Crippen LogP contribution in [0.3, 0.4) is 0 Å². The molecule has 28 heavy (non-hydrogen) atoms. The number of ether oxygens (including phenoxy) is 1. The fourth-order valence-electron chi connectivity index (χ4n) is 2.33. The second-order valence-corrected chi connectivity index (χ2v) is 7.20. The van der Waals surface area contributed by atoms with E-state index in [9.17, 15) is 22.8 Å². The van der Waals surface area contributed by atoms with Gasteiger partial charge in [-0.3, -0.25) is 14.5 Å². The van der Waals surface area contributed by atoms with Crippen LogP contribution in [0.5, 0.6) is 0 Å². The highest BCUT2D eigenvalue weighted by Crippen LogP contribution is 2.24. The van der Waals surface area contributed by atoms with Gasteiger partial charge in [0.1, 0.15) is 35.2 Å². The molecule has 0 unspecified atom stereocenters. The van der Waals surface area contributed by atoms with E-state index in [1.807, 2.05) is 13.8 Å². The zero-order valence-electron chi connectivity index (χ0n) is 16.1. The monoisotopic (exact) mass is 393 g/mol. The third kappa shape index (κ3) is 4.91. The Morgan fingerprint density at radius 1 is 1.04 bits per heavy atom. The van der Waals surface area contributed by atoms with Gasteiger partial charge in [-0.05, 0) is 50.1 Å². The van der Waals surface area contributed by atoms with Crippen LogP contribution >= 0.6 is 0 Å². The van der Waals surface area contributed by atoms with Crippen LogP contribution in [0.15, 0.2) is 42.5 Å². The summed E-state index contributed by atoms with van der Waals surface area (Å²) in [5, 5.41) is 0. The smallest absolute Gasteiger partial charge is 0.326 e. The lowest BCUT2D eigenvalue weighted by molar-refractivity contribution is -0.158. The standard InChI is InChI=1S/C21H22F3NO3/c1-13(2)21(3,4)28-18(26)12-25(15-8-5-7-14(22)11-15)20(27)19-16(23)9-6-10-17(19)24/h5-11,13H,12H2,1-4H3. The number of esters is 1. The number of halogens is 3. The van der Waals surface area contributed by atoms with Crippen molar-refractivity contribution in [3.8, 4) is 0 Å². The third-order valence-electron chi connectivity index (χ3n) is 4.60. The van der Waals surface area contributed by atoms with Crippen molar-refractivity contribution in [2.45, 2.75) is 33.3 Å². The lowest BCUT2D eigenvalue weighted by Crippen LogP contribution is -2.41. The topological polar surface area (TPSA) is 46.6 Å². The van der Waals surface area contributed by atoms with Crippen LogP contribution in [0.2, 0.25) is 0 Å². The average molecular weight is 393 g/mol. The summed E-state index contributed by atoms with van der Waals surface area (Å²) in [6.45, 7) is 6.50. The van der Waals surface area contributed by atoms with E-state index in [1.54, 1.807) is 13.8 Å². The van der Waals surface area contributed by atoms with Crippen molar-refractivity contribution in [3.05, 3.63) is 65.5 Å². The lowest BCUT2D eigenvalue weighted by Gasteiger charge is -2.31. The number of anilines is 1. The molecule has 0 bridgehead atoms. The summed E-state index contributed by atoms with van der Waals surface area (Å²) >= 11 is 0. The van der Waals surface area contributed by atoms with Gasteiger partial charge in [-0.2, -0.15) is 0 Å². The molecule has 0 aliphatic heterocycles. The highest BCUT2D eigenvalue weighted by Gasteiger charge is 2.31. The highest BCUT2D eigenvalue weighted by molar-refractivity contribution is 6.08. The summed E-state index contributed by atoms with van der Waals surface area (Å²) in [6, 6.07) is 7.81. The van der Waals surface area contributed by atoms with Crippen LogP contribution in [-0.2, 0) is 9.53 Å². The Labute approximate surface area is 161 Å². The van der Waals surface area contributed by atoms with Gasteiger partial charge in [0, 0.05) is 5.69 Å². The van der Waals surface area contributed by atoms with Crippen LogP contribution in [-0.4, -0.2) is 24.0 Å². The van der Waals surface area contributed by atoms with Gasteiger partial charge in [-0.15, -0.1) is 0 Å². The Balaban J connectivity index is 2.41. The molecule has 2 aromatic carbocycles. The molecule has 0 heterocycles. The van der Waals surface area contributed by atoms with E-state index in [2.05, 4.69) is 0 Å². The van der Waals surface area contributed by atoms with Gasteiger partial charge in [0.2, 0.25) is 0 Å². The first-order valence-corrected chi connectivity index (χ1v) is 8.76. The minimum atomic E-state index is -1.11. The number of amides is 1. The van der Waals surface area contributed by atoms with Crippen molar-refractivity contribution < 1.29 is 27.5 Å². The number of carbonyl (C=O) groups excluding carboxylic acids is 2. The Morgan fingerprint density at radius 3 is 2.14 bits per heavy atom. The molecule has 0 aliphatic rings. The van der Waals surface area contributed by atoms with E-state index in [0.29, 0.717) is 0 Å². The Morgan fingerprint density at radius 2 is 1.61 bits per heavy atom. The summed E-state index contributed by atoms with van der Waals surface area (Å²) in [5.74, 6) is -4.74. The minimum Gasteiger partial charge on any atom is -0.458 e. The van der Waals surface area contributed by atoms with Gasteiger partial charge in [0.05, 0.1) is 0 Å². The van der Waals surface area contributed by atoms with Crippen LogP contribution < -0.4 is 4.90 Å². The molecular weight excluding hydrogens is 371 g/mol. The number of benzene rings is 2. The van der Waals surface area contributed by atoms with Crippen molar-refractivity contribution in [2.75, 3.05) is 11.4 Å². The van der Waals surface area contributed by atoms with E-state index in [1.165, 1.54) is 12.1 Å². The Bertz CT molecular complexity index is 861. The highest BCUT2D eigenvalue weighted by atomic mass is 19.1. The van der Waals surface area contributed by atoms with Gasteiger partial charge in [0.25, 0.3) is 5.91 Å². The number of hydrogen-bond donors (Lipinski definition) is 0. The fourth-order valence-corrected chi connectivity index (χ4v) is 2.33. The molecule has 1 amide bonds. The SMILES string of the molecule is CC(C)C(C)(C)OC(=O)CN(C(=O)c1c(F)cccc1F)c1cccc(F)c1. The molecule has 0 N–H and O–H groups in total. The van der Waals surface area contributed by atoms with Crippen molar-refractivity contribution in [3.63, 3.8) is 0 Å². The maximum Gasteiger partial charge on any atom is 0.326 e.